The highest BCUT2D eigenvalue weighted by Crippen LogP contribution is 2.35. The Labute approximate surface area is 155 Å². The maximum Gasteiger partial charge on any atom is 0.273 e. The van der Waals surface area contributed by atoms with Crippen molar-refractivity contribution in [2.45, 2.75) is 18.6 Å². The van der Waals surface area contributed by atoms with Gasteiger partial charge in [0.05, 0.1) is 23.4 Å². The fourth-order valence-electron chi connectivity index (χ4n) is 3.34. The molecule has 1 N–H and O–H groups in total. The SMILES string of the molecule is O=c1cnccn1-c1ccc([C@H]2C[C@@H](O)CN2c2ccc(Cl)cn2)cc1. The van der Waals surface area contributed by atoms with Crippen LogP contribution in [0.1, 0.15) is 18.0 Å². The fourth-order valence-corrected chi connectivity index (χ4v) is 3.45. The largest absolute Gasteiger partial charge is 0.391 e. The molecule has 2 atom stereocenters. The van der Waals surface area contributed by atoms with Crippen LogP contribution in [-0.4, -0.2) is 32.3 Å². The third kappa shape index (κ3) is 3.21. The number of β-amino-alcohol motifs (C(OH)–C–C–N with tert-alkyl or cyclic N) is 1. The molecule has 1 fully saturated rings. The van der Waals surface area contributed by atoms with Gasteiger partial charge in [-0.25, -0.2) is 4.98 Å². The van der Waals surface area contributed by atoms with E-state index in [1.54, 1.807) is 29.2 Å². The Balaban J connectivity index is 1.64. The predicted molar refractivity (Wildman–Crippen MR) is 99.8 cm³/mol. The molecule has 1 aromatic carbocycles. The summed E-state index contributed by atoms with van der Waals surface area (Å²) in [6.45, 7) is 0.519. The number of rotatable bonds is 3. The second kappa shape index (κ2) is 6.90. The predicted octanol–water partition coefficient (Wildman–Crippen LogP) is 2.59. The number of aromatic nitrogens is 3. The lowest BCUT2D eigenvalue weighted by atomic mass is 10.0. The number of hydrogen-bond acceptors (Lipinski definition) is 5. The van der Waals surface area contributed by atoms with Crippen molar-refractivity contribution in [1.82, 2.24) is 14.5 Å². The maximum absolute atomic E-state index is 11.9. The molecule has 0 aliphatic carbocycles. The number of anilines is 1. The van der Waals surface area contributed by atoms with Gasteiger partial charge in [-0.15, -0.1) is 0 Å². The molecule has 2 aromatic heterocycles. The van der Waals surface area contributed by atoms with Crippen LogP contribution in [0, 0.1) is 0 Å². The summed E-state index contributed by atoms with van der Waals surface area (Å²) in [7, 11) is 0. The highest BCUT2D eigenvalue weighted by atomic mass is 35.5. The van der Waals surface area contributed by atoms with E-state index in [9.17, 15) is 9.90 Å². The molecule has 1 aliphatic rings. The Morgan fingerprint density at radius 1 is 1.12 bits per heavy atom. The molecule has 1 aliphatic heterocycles. The second-order valence-corrected chi connectivity index (χ2v) is 6.70. The second-order valence-electron chi connectivity index (χ2n) is 6.27. The highest BCUT2D eigenvalue weighted by Gasteiger charge is 2.32. The third-order valence-corrected chi connectivity index (χ3v) is 4.79. The van der Waals surface area contributed by atoms with Crippen molar-refractivity contribution in [3.63, 3.8) is 0 Å². The van der Waals surface area contributed by atoms with Crippen molar-refractivity contribution in [3.8, 4) is 5.69 Å². The van der Waals surface area contributed by atoms with Gasteiger partial charge in [0.1, 0.15) is 5.82 Å². The van der Waals surface area contributed by atoms with E-state index < -0.39 is 6.10 Å². The Morgan fingerprint density at radius 2 is 1.92 bits per heavy atom. The van der Waals surface area contributed by atoms with Gasteiger partial charge < -0.3 is 10.0 Å². The summed E-state index contributed by atoms with van der Waals surface area (Å²) < 4.78 is 1.54. The summed E-state index contributed by atoms with van der Waals surface area (Å²) >= 11 is 5.93. The third-order valence-electron chi connectivity index (χ3n) is 4.57. The van der Waals surface area contributed by atoms with Crippen molar-refractivity contribution >= 4 is 17.4 Å². The molecule has 0 radical (unpaired) electrons. The van der Waals surface area contributed by atoms with Crippen LogP contribution in [0.2, 0.25) is 5.02 Å². The van der Waals surface area contributed by atoms with Gasteiger partial charge in [0.15, 0.2) is 0 Å². The Bertz CT molecular complexity index is 956. The number of aliphatic hydroxyl groups is 1. The monoisotopic (exact) mass is 368 g/mol. The highest BCUT2D eigenvalue weighted by molar-refractivity contribution is 6.30. The average Bonchev–Trinajstić information content (AvgIpc) is 3.05. The number of aliphatic hydroxyl groups excluding tert-OH is 1. The van der Waals surface area contributed by atoms with Gasteiger partial charge >= 0.3 is 0 Å². The van der Waals surface area contributed by atoms with Crippen LogP contribution in [0.3, 0.4) is 0 Å². The minimum absolute atomic E-state index is 0.0156. The Morgan fingerprint density at radius 3 is 2.62 bits per heavy atom. The van der Waals surface area contributed by atoms with E-state index in [0.717, 1.165) is 17.1 Å². The minimum Gasteiger partial charge on any atom is -0.391 e. The summed E-state index contributed by atoms with van der Waals surface area (Å²) in [5, 5.41) is 10.7. The molecule has 26 heavy (non-hydrogen) atoms. The van der Waals surface area contributed by atoms with Crippen LogP contribution in [0.15, 0.2) is 66.0 Å². The van der Waals surface area contributed by atoms with Gasteiger partial charge in [0.2, 0.25) is 0 Å². The molecular formula is C19H17ClN4O2. The zero-order chi connectivity index (χ0) is 18.1. The van der Waals surface area contributed by atoms with Crippen molar-refractivity contribution in [2.75, 3.05) is 11.4 Å². The Hall–Kier alpha value is -2.70. The lowest BCUT2D eigenvalue weighted by Gasteiger charge is -2.26. The van der Waals surface area contributed by atoms with Gasteiger partial charge in [-0.2, -0.15) is 0 Å². The zero-order valence-corrected chi connectivity index (χ0v) is 14.6. The molecule has 0 amide bonds. The van der Waals surface area contributed by atoms with E-state index in [-0.39, 0.29) is 11.6 Å². The van der Waals surface area contributed by atoms with Crippen molar-refractivity contribution in [1.29, 1.82) is 0 Å². The molecule has 4 rings (SSSR count). The summed E-state index contributed by atoms with van der Waals surface area (Å²) in [6.07, 6.45) is 6.32. The number of halogens is 1. The van der Waals surface area contributed by atoms with Gasteiger partial charge in [0, 0.05) is 30.8 Å². The van der Waals surface area contributed by atoms with Crippen molar-refractivity contribution in [2.24, 2.45) is 0 Å². The number of hydrogen-bond donors (Lipinski definition) is 1. The minimum atomic E-state index is -0.417. The van der Waals surface area contributed by atoms with E-state index in [1.807, 2.05) is 30.3 Å². The first-order valence-corrected chi connectivity index (χ1v) is 8.69. The van der Waals surface area contributed by atoms with E-state index in [4.69, 9.17) is 11.6 Å². The summed E-state index contributed by atoms with van der Waals surface area (Å²) in [5.74, 6) is 0.783. The lowest BCUT2D eigenvalue weighted by Crippen LogP contribution is -2.25. The van der Waals surface area contributed by atoms with E-state index >= 15 is 0 Å². The van der Waals surface area contributed by atoms with Gasteiger partial charge in [0.25, 0.3) is 5.56 Å². The molecular weight excluding hydrogens is 352 g/mol. The molecule has 0 bridgehead atoms. The lowest BCUT2D eigenvalue weighted by molar-refractivity contribution is 0.194. The molecule has 0 spiro atoms. The summed E-state index contributed by atoms with van der Waals surface area (Å²) in [5.41, 5.74) is 1.66. The van der Waals surface area contributed by atoms with Crippen LogP contribution in [-0.2, 0) is 0 Å². The quantitative estimate of drug-likeness (QED) is 0.769. The molecule has 132 valence electrons. The average molecular weight is 369 g/mol. The molecule has 7 heteroatoms. The molecule has 3 aromatic rings. The number of nitrogens with zero attached hydrogens (tertiary/aromatic N) is 4. The van der Waals surface area contributed by atoms with Gasteiger partial charge in [-0.1, -0.05) is 23.7 Å². The maximum atomic E-state index is 11.9. The zero-order valence-electron chi connectivity index (χ0n) is 13.9. The molecule has 1 saturated heterocycles. The topological polar surface area (TPSA) is 71.2 Å². The van der Waals surface area contributed by atoms with Crippen molar-refractivity contribution < 1.29 is 5.11 Å². The van der Waals surface area contributed by atoms with Crippen molar-refractivity contribution in [3.05, 3.63) is 82.1 Å². The van der Waals surface area contributed by atoms with Crippen LogP contribution < -0.4 is 10.5 Å². The van der Waals surface area contributed by atoms with Crippen LogP contribution in [0.5, 0.6) is 0 Å². The Kier molecular flexibility index (Phi) is 4.44. The molecule has 3 heterocycles. The standard InChI is InChI=1S/C19H17ClN4O2/c20-14-3-6-18(22-10-14)24-12-16(25)9-17(24)13-1-4-15(5-2-13)23-8-7-21-11-19(23)26/h1-8,10-11,16-17,25H,9,12H2/t16-,17-/m1/s1. The molecule has 0 unspecified atom stereocenters. The molecule has 6 nitrogen and oxygen atoms in total. The number of benzene rings is 1. The van der Waals surface area contributed by atoms with E-state index in [1.165, 1.54) is 6.20 Å². The summed E-state index contributed by atoms with van der Waals surface area (Å²) in [4.78, 5) is 22.2. The van der Waals surface area contributed by atoms with Crippen LogP contribution in [0.4, 0.5) is 5.82 Å². The normalized spacial score (nSPS) is 19.7. The van der Waals surface area contributed by atoms with Crippen LogP contribution in [0.25, 0.3) is 5.69 Å². The van der Waals surface area contributed by atoms with E-state index in [0.29, 0.717) is 18.0 Å². The van der Waals surface area contributed by atoms with E-state index in [2.05, 4.69) is 14.9 Å². The smallest absolute Gasteiger partial charge is 0.273 e. The number of pyridine rings is 1. The van der Waals surface area contributed by atoms with Crippen LogP contribution >= 0.6 is 11.6 Å². The molecule has 0 saturated carbocycles. The van der Waals surface area contributed by atoms with Gasteiger partial charge in [-0.05, 0) is 36.2 Å². The van der Waals surface area contributed by atoms with Gasteiger partial charge in [-0.3, -0.25) is 14.3 Å². The first-order chi connectivity index (χ1) is 12.6. The first kappa shape index (κ1) is 16.8. The first-order valence-electron chi connectivity index (χ1n) is 8.31. The summed E-state index contributed by atoms with van der Waals surface area (Å²) in [6, 6.07) is 11.4. The fraction of sp³-hybridized carbons (Fsp3) is 0.211.